The zero-order valence-corrected chi connectivity index (χ0v) is 35.8. The molecular weight excluding hydrogens is 956 g/mol. The molecule has 0 saturated heterocycles. The van der Waals surface area contributed by atoms with Crippen molar-refractivity contribution >= 4 is 43.7 Å². The molecule has 8 heteroatoms. The van der Waals surface area contributed by atoms with E-state index >= 15 is 0 Å². The Labute approximate surface area is 373 Å². The van der Waals surface area contributed by atoms with Crippen molar-refractivity contribution in [2.75, 3.05) is 0 Å². The van der Waals surface area contributed by atoms with Crippen LogP contribution in [0.15, 0.2) is 207 Å². The Morgan fingerprint density at radius 3 is 1.83 bits per heavy atom. The van der Waals surface area contributed by atoms with Crippen molar-refractivity contribution in [1.82, 2.24) is 28.5 Å². The molecule has 0 amide bonds. The Morgan fingerprint density at radius 2 is 1.10 bits per heavy atom. The van der Waals surface area contributed by atoms with E-state index in [9.17, 15) is 0 Å². The molecule has 302 valence electrons. The van der Waals surface area contributed by atoms with E-state index in [0.717, 1.165) is 92.7 Å². The molecule has 0 atom stereocenters. The van der Waals surface area contributed by atoms with Crippen molar-refractivity contribution in [2.45, 2.75) is 0 Å². The fraction of sp³-hybridized carbons (Fsp3) is 0. The number of para-hydroxylation sites is 5. The first-order chi connectivity index (χ1) is 31.2. The van der Waals surface area contributed by atoms with Gasteiger partial charge in [-0.3, -0.25) is 0 Å². The summed E-state index contributed by atoms with van der Waals surface area (Å²) >= 11 is 2.46. The van der Waals surface area contributed by atoms with Crippen LogP contribution in [0.3, 0.4) is 0 Å². The van der Waals surface area contributed by atoms with Gasteiger partial charge in [-0.25, -0.2) is 4.68 Å². The minimum absolute atomic E-state index is 0.575. The first kappa shape index (κ1) is 36.9. The molecule has 4 heterocycles. The summed E-state index contributed by atoms with van der Waals surface area (Å²) in [6, 6.07) is 74.4. The van der Waals surface area contributed by atoms with Gasteiger partial charge in [0.05, 0.1) is 23.6 Å². The molecule has 0 bridgehead atoms. The van der Waals surface area contributed by atoms with E-state index in [0.29, 0.717) is 11.5 Å². The first-order valence-corrected chi connectivity index (χ1v) is 21.8. The van der Waals surface area contributed by atoms with Crippen molar-refractivity contribution in [3.63, 3.8) is 0 Å². The van der Waals surface area contributed by atoms with Crippen LogP contribution >= 0.6 is 0 Å². The number of aromatic nitrogens is 6. The number of hydrogen-bond acceptors (Lipinski definition) is 3. The van der Waals surface area contributed by atoms with Crippen molar-refractivity contribution < 1.29 is 24.1 Å². The molecule has 0 radical (unpaired) electrons. The number of benzene rings is 8. The summed E-state index contributed by atoms with van der Waals surface area (Å²) in [5.41, 5.74) is 12.5. The van der Waals surface area contributed by atoms with Gasteiger partial charge >= 0.3 is 294 Å². The van der Waals surface area contributed by atoms with E-state index in [-0.39, 0.29) is 0 Å². The standard InChI is InChI=1S/C55H34N6O.Pt/c1-3-15-38(16-4-1)45-23-14-24-46(39-17-5-2-6-18-39)55(45)59-37-58(51-27-11-12-28-52(51)59)41-20-13-21-43(33-41)62-44-30-31-48-47-22-8-10-26-50(47)60(53(48)34-44)54-32-29-42(36-56-54)61-49-25-9-7-19-40(49)35-57-61;/h1-32,35-36H;/q-2;. The van der Waals surface area contributed by atoms with Crippen molar-refractivity contribution in [3.05, 3.63) is 222 Å². The van der Waals surface area contributed by atoms with E-state index < -0.39 is 0 Å². The van der Waals surface area contributed by atoms with Gasteiger partial charge in [0.1, 0.15) is 0 Å². The number of imidazole rings is 1. The molecule has 4 aromatic heterocycles. The second-order valence-electron chi connectivity index (χ2n) is 15.3. The maximum atomic E-state index is 6.66. The van der Waals surface area contributed by atoms with Crippen LogP contribution in [0.1, 0.15) is 0 Å². The molecule has 12 aromatic rings. The molecule has 0 spiro atoms. The van der Waals surface area contributed by atoms with E-state index in [1.54, 1.807) is 0 Å². The summed E-state index contributed by atoms with van der Waals surface area (Å²) in [7, 11) is 0. The number of pyridine rings is 1. The van der Waals surface area contributed by atoms with Crippen LogP contribution in [0.5, 0.6) is 11.5 Å². The molecule has 8 aromatic carbocycles. The number of ether oxygens (including phenoxy) is 1. The third kappa shape index (κ3) is 6.28. The monoisotopic (exact) mass is 989 g/mol. The number of rotatable bonds is 8. The quantitative estimate of drug-likeness (QED) is 0.143. The number of fused-ring (bicyclic) bond motifs is 5. The Balaban J connectivity index is 0.954. The average Bonchev–Trinajstić information content (AvgIpc) is 4.01. The van der Waals surface area contributed by atoms with E-state index in [1.165, 1.54) is 0 Å². The van der Waals surface area contributed by atoms with Crippen LogP contribution in [0, 0.1) is 15.9 Å². The molecule has 0 saturated carbocycles. The second-order valence-corrected chi connectivity index (χ2v) is 16.3. The predicted octanol–water partition coefficient (Wildman–Crippen LogP) is 13.1. The van der Waals surface area contributed by atoms with Crippen LogP contribution in [0.25, 0.3) is 88.9 Å². The molecule has 0 aliphatic rings. The van der Waals surface area contributed by atoms with Crippen molar-refractivity contribution in [3.8, 4) is 56.6 Å². The van der Waals surface area contributed by atoms with Gasteiger partial charge in [0, 0.05) is 5.39 Å². The van der Waals surface area contributed by atoms with E-state index in [2.05, 4.69) is 208 Å². The number of nitrogens with zero attached hydrogens (tertiary/aromatic N) is 6. The molecule has 0 fully saturated rings. The molecule has 63 heavy (non-hydrogen) atoms. The van der Waals surface area contributed by atoms with Gasteiger partial charge < -0.3 is 0 Å². The third-order valence-electron chi connectivity index (χ3n) is 11.6. The van der Waals surface area contributed by atoms with Crippen LogP contribution < -0.4 is 4.74 Å². The van der Waals surface area contributed by atoms with Gasteiger partial charge in [-0.15, -0.1) is 0 Å². The normalized spacial score (nSPS) is 11.6. The molecule has 0 unspecified atom stereocenters. The summed E-state index contributed by atoms with van der Waals surface area (Å²) in [6.45, 7) is 0. The average molecular weight is 990 g/mol. The minimum atomic E-state index is 0.575. The molecule has 12 rings (SSSR count). The van der Waals surface area contributed by atoms with Crippen molar-refractivity contribution in [2.24, 2.45) is 0 Å². The fourth-order valence-electron chi connectivity index (χ4n) is 8.77. The van der Waals surface area contributed by atoms with E-state index in [4.69, 9.17) is 9.72 Å². The Kier molecular flexibility index (Phi) is 8.94. The molecule has 0 aliphatic carbocycles. The summed E-state index contributed by atoms with van der Waals surface area (Å²) in [5, 5.41) is 7.89. The van der Waals surface area contributed by atoms with Crippen LogP contribution in [0.2, 0.25) is 0 Å². The van der Waals surface area contributed by atoms with Gasteiger partial charge in [-0.2, -0.15) is 5.10 Å². The molecular formula is C55H34N6OPt-2. The van der Waals surface area contributed by atoms with Crippen molar-refractivity contribution in [1.29, 1.82) is 0 Å². The molecule has 0 aliphatic heterocycles. The molecule has 7 nitrogen and oxygen atoms in total. The summed E-state index contributed by atoms with van der Waals surface area (Å²) in [5.74, 6) is 1.93. The Morgan fingerprint density at radius 1 is 0.460 bits per heavy atom. The summed E-state index contributed by atoms with van der Waals surface area (Å²) in [4.78, 5) is 4.97. The summed E-state index contributed by atoms with van der Waals surface area (Å²) < 4.78 is 16.4. The molecule has 0 N–H and O–H groups in total. The van der Waals surface area contributed by atoms with Gasteiger partial charge in [0.2, 0.25) is 0 Å². The Hall–Kier alpha value is -7.86. The van der Waals surface area contributed by atoms with Gasteiger partial charge in [0.15, 0.2) is 0 Å². The zero-order valence-electron chi connectivity index (χ0n) is 33.5. The summed E-state index contributed by atoms with van der Waals surface area (Å²) in [6.07, 6.45) is 3.75. The fourth-order valence-corrected chi connectivity index (χ4v) is 9.84. The third-order valence-corrected chi connectivity index (χ3v) is 12.6. The topological polar surface area (TPSA) is 54.7 Å². The SMILES string of the molecule is [Pt]=[c]1n(-c2[c-]c(Oc3[c-]c4c(cc3)c3ccccc3n4-c3ccc(-n4ncc5ccccc54)cn3)ccc2)c2ccccc2n1-c1c(-c2ccccc2)cccc1-c1ccccc1. The zero-order chi connectivity index (χ0) is 41.9. The van der Waals surface area contributed by atoms with Crippen LogP contribution in [-0.4, -0.2) is 28.5 Å². The first-order valence-electron chi connectivity index (χ1n) is 20.7. The van der Waals surface area contributed by atoms with Crippen LogP contribution in [-0.2, 0) is 19.4 Å². The van der Waals surface area contributed by atoms with Gasteiger partial charge in [0.25, 0.3) is 0 Å². The predicted molar refractivity (Wildman–Crippen MR) is 248 cm³/mol. The number of hydrogen-bond donors (Lipinski definition) is 0. The van der Waals surface area contributed by atoms with Crippen LogP contribution in [0.4, 0.5) is 0 Å². The van der Waals surface area contributed by atoms with E-state index in [1.807, 2.05) is 53.5 Å². The van der Waals surface area contributed by atoms with Gasteiger partial charge in [-0.1, -0.05) is 30.3 Å². The Bertz CT molecular complexity index is 3680. The maximum absolute atomic E-state index is 6.66. The van der Waals surface area contributed by atoms with Gasteiger partial charge in [-0.05, 0) is 12.1 Å². The second kappa shape index (κ2) is 15.2.